The van der Waals surface area contributed by atoms with Crippen molar-refractivity contribution in [1.29, 1.82) is 0 Å². The maximum atomic E-state index is 9.57. The van der Waals surface area contributed by atoms with Gasteiger partial charge in [0.05, 0.1) is 12.2 Å². The molecule has 0 aliphatic heterocycles. The van der Waals surface area contributed by atoms with Crippen LogP contribution in [0, 0.1) is 11.8 Å². The van der Waals surface area contributed by atoms with E-state index in [1.165, 1.54) is 0 Å². The van der Waals surface area contributed by atoms with Gasteiger partial charge >= 0.3 is 0 Å². The first-order valence-corrected chi connectivity index (χ1v) is 5.50. The molecule has 2 N–H and O–H groups in total. The summed E-state index contributed by atoms with van der Waals surface area (Å²) >= 11 is 0. The van der Waals surface area contributed by atoms with Gasteiger partial charge in [0, 0.05) is 11.8 Å². The molecule has 0 radical (unpaired) electrons. The second-order valence-corrected chi connectivity index (χ2v) is 4.09. The molecule has 2 heteroatoms. The van der Waals surface area contributed by atoms with Crippen molar-refractivity contribution in [3.8, 4) is 0 Å². The lowest BCUT2D eigenvalue weighted by molar-refractivity contribution is 0.104. The highest BCUT2D eigenvalue weighted by atomic mass is 16.3. The Kier molecular flexibility index (Phi) is 6.05. The summed E-state index contributed by atoms with van der Waals surface area (Å²) in [6.45, 7) is 11.7. The van der Waals surface area contributed by atoms with E-state index in [2.05, 4.69) is 6.58 Å². The van der Waals surface area contributed by atoms with Crippen molar-refractivity contribution in [2.75, 3.05) is 0 Å². The molecular weight excluding hydrogens is 176 g/mol. The zero-order valence-electron chi connectivity index (χ0n) is 9.83. The van der Waals surface area contributed by atoms with E-state index in [1.807, 2.05) is 13.8 Å². The van der Waals surface area contributed by atoms with Crippen LogP contribution in [0.15, 0.2) is 12.2 Å². The molecule has 0 saturated heterocycles. The van der Waals surface area contributed by atoms with Crippen molar-refractivity contribution in [1.82, 2.24) is 0 Å². The molecule has 84 valence electrons. The fourth-order valence-electron chi connectivity index (χ4n) is 2.10. The smallest absolute Gasteiger partial charge is 0.0577 e. The van der Waals surface area contributed by atoms with Gasteiger partial charge in [-0.3, -0.25) is 0 Å². The van der Waals surface area contributed by atoms with Crippen LogP contribution in [0.5, 0.6) is 0 Å². The second kappa shape index (κ2) is 6.20. The van der Waals surface area contributed by atoms with Crippen molar-refractivity contribution in [2.45, 2.75) is 52.7 Å². The first kappa shape index (κ1) is 13.7. The predicted molar refractivity (Wildman–Crippen MR) is 60.1 cm³/mol. The zero-order valence-corrected chi connectivity index (χ0v) is 9.83. The fraction of sp³-hybridized carbons (Fsp3) is 0.833. The molecule has 0 aliphatic rings. The lowest BCUT2D eigenvalue weighted by atomic mass is 9.80. The molecule has 0 saturated carbocycles. The summed E-state index contributed by atoms with van der Waals surface area (Å²) in [6.07, 6.45) is 1.000. The topological polar surface area (TPSA) is 40.5 Å². The van der Waals surface area contributed by atoms with Crippen LogP contribution in [0.2, 0.25) is 0 Å². The summed E-state index contributed by atoms with van der Waals surface area (Å²) in [7, 11) is 0. The van der Waals surface area contributed by atoms with Gasteiger partial charge in [-0.2, -0.15) is 0 Å². The molecule has 0 amide bonds. The number of aliphatic hydroxyl groups excluding tert-OH is 2. The van der Waals surface area contributed by atoms with Gasteiger partial charge in [0.15, 0.2) is 0 Å². The molecule has 0 aromatic carbocycles. The molecule has 14 heavy (non-hydrogen) atoms. The Morgan fingerprint density at radius 3 is 1.43 bits per heavy atom. The van der Waals surface area contributed by atoms with Crippen LogP contribution in [0.4, 0.5) is 0 Å². The summed E-state index contributed by atoms with van der Waals surface area (Å²) in [6, 6.07) is 0. The van der Waals surface area contributed by atoms with Gasteiger partial charge in [-0.1, -0.05) is 26.0 Å². The minimum atomic E-state index is -0.375. The minimum absolute atomic E-state index is 0.106. The average molecular weight is 200 g/mol. The highest BCUT2D eigenvalue weighted by Crippen LogP contribution is 2.28. The molecular formula is C12H24O2. The van der Waals surface area contributed by atoms with Gasteiger partial charge in [0.1, 0.15) is 0 Å². The lowest BCUT2D eigenvalue weighted by Gasteiger charge is -2.29. The Labute approximate surface area is 87.7 Å². The molecule has 2 nitrogen and oxygen atoms in total. The van der Waals surface area contributed by atoms with Crippen LogP contribution in [-0.2, 0) is 0 Å². The summed E-state index contributed by atoms with van der Waals surface area (Å²) in [5.74, 6) is 0.212. The van der Waals surface area contributed by atoms with Crippen molar-refractivity contribution < 1.29 is 10.2 Å². The van der Waals surface area contributed by atoms with Gasteiger partial charge in [0.25, 0.3) is 0 Å². The first-order chi connectivity index (χ1) is 6.45. The van der Waals surface area contributed by atoms with E-state index in [0.29, 0.717) is 0 Å². The Hall–Kier alpha value is -0.340. The largest absolute Gasteiger partial charge is 0.393 e. The molecule has 4 atom stereocenters. The number of aliphatic hydroxyl groups is 2. The fourth-order valence-corrected chi connectivity index (χ4v) is 2.10. The predicted octanol–water partition coefficient (Wildman–Crippen LogP) is 2.36. The standard InChI is InChI=1S/C12H24O2/c1-6-11(9(4)13)8(3)12(7-2)10(5)14/h9-14H,3,6-7H2,1-2,4-5H3/t9-,10+,11+,12-. The summed E-state index contributed by atoms with van der Waals surface area (Å²) in [4.78, 5) is 0. The average Bonchev–Trinajstić information content (AvgIpc) is 2.04. The second-order valence-electron chi connectivity index (χ2n) is 4.09. The Morgan fingerprint density at radius 2 is 1.29 bits per heavy atom. The van der Waals surface area contributed by atoms with Crippen LogP contribution >= 0.6 is 0 Å². The van der Waals surface area contributed by atoms with E-state index in [-0.39, 0.29) is 24.0 Å². The number of hydrogen-bond acceptors (Lipinski definition) is 2. The molecule has 0 bridgehead atoms. The van der Waals surface area contributed by atoms with Crippen LogP contribution < -0.4 is 0 Å². The summed E-state index contributed by atoms with van der Waals surface area (Å²) < 4.78 is 0. The Morgan fingerprint density at radius 1 is 1.00 bits per heavy atom. The number of hydrogen-bond donors (Lipinski definition) is 2. The zero-order chi connectivity index (χ0) is 11.3. The molecule has 0 heterocycles. The van der Waals surface area contributed by atoms with Crippen LogP contribution in [-0.4, -0.2) is 22.4 Å². The van der Waals surface area contributed by atoms with Gasteiger partial charge in [-0.25, -0.2) is 0 Å². The molecule has 0 unspecified atom stereocenters. The van der Waals surface area contributed by atoms with E-state index in [9.17, 15) is 10.2 Å². The van der Waals surface area contributed by atoms with Gasteiger partial charge in [-0.15, -0.1) is 0 Å². The highest BCUT2D eigenvalue weighted by molar-refractivity contribution is 5.08. The van der Waals surface area contributed by atoms with Gasteiger partial charge in [0.2, 0.25) is 0 Å². The van der Waals surface area contributed by atoms with Crippen LogP contribution in [0.3, 0.4) is 0 Å². The quantitative estimate of drug-likeness (QED) is 0.646. The maximum Gasteiger partial charge on any atom is 0.0577 e. The van der Waals surface area contributed by atoms with Crippen molar-refractivity contribution in [2.24, 2.45) is 11.8 Å². The molecule has 0 aliphatic carbocycles. The molecule has 0 rings (SSSR count). The van der Waals surface area contributed by atoms with E-state index >= 15 is 0 Å². The third-order valence-corrected chi connectivity index (χ3v) is 3.00. The molecule has 0 aromatic heterocycles. The molecule has 0 aromatic rings. The Bertz CT molecular complexity index is 155. The molecule has 0 spiro atoms. The minimum Gasteiger partial charge on any atom is -0.393 e. The van der Waals surface area contributed by atoms with Gasteiger partial charge < -0.3 is 10.2 Å². The van der Waals surface area contributed by atoms with Crippen LogP contribution in [0.1, 0.15) is 40.5 Å². The van der Waals surface area contributed by atoms with E-state index in [0.717, 1.165) is 18.4 Å². The third kappa shape index (κ3) is 3.43. The van der Waals surface area contributed by atoms with E-state index in [1.54, 1.807) is 13.8 Å². The Balaban J connectivity index is 4.54. The SMILES string of the molecule is C=C([C@@H](CC)[C@H](C)O)[C@H](CC)[C@@H](C)O. The summed E-state index contributed by atoms with van der Waals surface area (Å²) in [5.41, 5.74) is 0.986. The highest BCUT2D eigenvalue weighted by Gasteiger charge is 2.25. The maximum absolute atomic E-state index is 9.57. The number of rotatable bonds is 6. The lowest BCUT2D eigenvalue weighted by Crippen LogP contribution is -2.27. The van der Waals surface area contributed by atoms with Gasteiger partial charge in [-0.05, 0) is 26.7 Å². The normalized spacial score (nSPS) is 19.9. The molecule has 0 fully saturated rings. The summed E-state index contributed by atoms with van der Waals surface area (Å²) in [5, 5.41) is 19.1. The third-order valence-electron chi connectivity index (χ3n) is 3.00. The van der Waals surface area contributed by atoms with Crippen LogP contribution in [0.25, 0.3) is 0 Å². The van der Waals surface area contributed by atoms with Crippen molar-refractivity contribution >= 4 is 0 Å². The van der Waals surface area contributed by atoms with E-state index < -0.39 is 0 Å². The van der Waals surface area contributed by atoms with Crippen molar-refractivity contribution in [3.63, 3.8) is 0 Å². The monoisotopic (exact) mass is 200 g/mol. The van der Waals surface area contributed by atoms with Crippen molar-refractivity contribution in [3.05, 3.63) is 12.2 Å². The van der Waals surface area contributed by atoms with E-state index in [4.69, 9.17) is 0 Å². The first-order valence-electron chi connectivity index (χ1n) is 5.50.